The van der Waals surface area contributed by atoms with E-state index < -0.39 is 10.1 Å². The van der Waals surface area contributed by atoms with E-state index in [1.807, 2.05) is 0 Å². The molecule has 11 heavy (non-hydrogen) atoms. The van der Waals surface area contributed by atoms with Gasteiger partial charge in [-0.15, -0.1) is 0 Å². The maximum absolute atomic E-state index is 11.3. The third-order valence-corrected chi connectivity index (χ3v) is 5.19. The molecule has 2 aliphatic carbocycles. The molecule has 2 saturated carbocycles. The lowest BCUT2D eigenvalue weighted by atomic mass is 9.97. The molecule has 2 heterocycles. The van der Waals surface area contributed by atoms with Crippen LogP contribution in [0.1, 0.15) is 19.3 Å². The van der Waals surface area contributed by atoms with Crippen LogP contribution in [-0.4, -0.2) is 19.8 Å². The monoisotopic (exact) mass is 174 g/mol. The van der Waals surface area contributed by atoms with Crippen molar-refractivity contribution in [2.45, 2.75) is 30.6 Å². The molecule has 4 atom stereocenters. The van der Waals surface area contributed by atoms with Gasteiger partial charge >= 0.3 is 0 Å². The first-order chi connectivity index (χ1) is 5.17. The van der Waals surface area contributed by atoms with Crippen molar-refractivity contribution in [2.24, 2.45) is 11.8 Å². The molecule has 0 aromatic carbocycles. The van der Waals surface area contributed by atoms with Crippen molar-refractivity contribution in [1.29, 1.82) is 0 Å². The van der Waals surface area contributed by atoms with Gasteiger partial charge in [-0.05, 0) is 31.1 Å². The van der Waals surface area contributed by atoms with Crippen LogP contribution in [0.5, 0.6) is 0 Å². The van der Waals surface area contributed by atoms with Gasteiger partial charge in [0.1, 0.15) is 0 Å². The minimum absolute atomic E-state index is 0.0509. The van der Waals surface area contributed by atoms with E-state index in [0.717, 1.165) is 19.3 Å². The fourth-order valence-corrected chi connectivity index (χ4v) is 4.78. The quantitative estimate of drug-likeness (QED) is 0.503. The second-order valence-corrected chi connectivity index (χ2v) is 5.68. The predicted octanol–water partition coefficient (Wildman–Crippen LogP) is 0.514. The molecule has 4 aliphatic rings. The molecule has 0 aromatic heterocycles. The third-order valence-electron chi connectivity index (χ3n) is 3.36. The zero-order chi connectivity index (χ0) is 7.64. The Hall–Kier alpha value is -0.0900. The van der Waals surface area contributed by atoms with E-state index in [2.05, 4.69) is 0 Å². The lowest BCUT2D eigenvalue weighted by molar-refractivity contribution is 0.113. The van der Waals surface area contributed by atoms with Crippen molar-refractivity contribution < 1.29 is 12.6 Å². The first-order valence-corrected chi connectivity index (χ1v) is 5.56. The Balaban J connectivity index is 2.13. The van der Waals surface area contributed by atoms with Crippen LogP contribution < -0.4 is 0 Å². The smallest absolute Gasteiger partial charge is 0.266 e. The van der Waals surface area contributed by atoms with Crippen molar-refractivity contribution in [2.75, 3.05) is 0 Å². The van der Waals surface area contributed by atoms with E-state index in [1.165, 1.54) is 0 Å². The van der Waals surface area contributed by atoms with Crippen LogP contribution in [0.25, 0.3) is 0 Å². The number of fused-ring (bicyclic) bond motifs is 1. The zero-order valence-corrected chi connectivity index (χ0v) is 6.88. The number of hydrogen-bond donors (Lipinski definition) is 0. The van der Waals surface area contributed by atoms with Gasteiger partial charge in [0.15, 0.2) is 0 Å². The Kier molecular flexibility index (Phi) is 0.958. The summed E-state index contributed by atoms with van der Waals surface area (Å²) in [6.45, 7) is 0. The summed E-state index contributed by atoms with van der Waals surface area (Å²) in [5.41, 5.74) is 0. The molecule has 0 amide bonds. The summed E-state index contributed by atoms with van der Waals surface area (Å²) in [6.07, 6.45) is 3.01. The van der Waals surface area contributed by atoms with Crippen LogP contribution in [0.2, 0.25) is 0 Å². The van der Waals surface area contributed by atoms with Crippen LogP contribution in [-0.2, 0) is 14.3 Å². The Labute approximate surface area is 65.9 Å². The maximum atomic E-state index is 11.3. The summed E-state index contributed by atoms with van der Waals surface area (Å²) in [7, 11) is -3.13. The first-order valence-electron chi connectivity index (χ1n) is 4.09. The van der Waals surface area contributed by atoms with Gasteiger partial charge in [-0.25, -0.2) is 0 Å². The van der Waals surface area contributed by atoms with E-state index in [9.17, 15) is 8.42 Å². The van der Waals surface area contributed by atoms with Gasteiger partial charge in [0, 0.05) is 0 Å². The Morgan fingerprint density at radius 3 is 2.36 bits per heavy atom. The van der Waals surface area contributed by atoms with E-state index in [0.29, 0.717) is 11.8 Å². The molecule has 2 aliphatic heterocycles. The Morgan fingerprint density at radius 2 is 1.91 bits per heavy atom. The normalized spacial score (nSPS) is 57.1. The van der Waals surface area contributed by atoms with Crippen LogP contribution in [0.4, 0.5) is 0 Å². The highest BCUT2D eigenvalue weighted by molar-refractivity contribution is 7.87. The Morgan fingerprint density at radius 1 is 1.09 bits per heavy atom. The largest absolute Gasteiger partial charge is 0.270 e. The van der Waals surface area contributed by atoms with Crippen LogP contribution in [0.15, 0.2) is 0 Å². The van der Waals surface area contributed by atoms with Crippen LogP contribution in [0, 0.1) is 11.8 Å². The van der Waals surface area contributed by atoms with Crippen molar-refractivity contribution in [3.05, 3.63) is 0 Å². The molecule has 0 aromatic rings. The first kappa shape index (κ1) is 6.43. The predicted molar refractivity (Wildman–Crippen MR) is 38.4 cm³/mol. The molecule has 4 rings (SSSR count). The standard InChI is InChI=1S/C7H10O3S/c8-11(9)7-3-4-1-5(7)2-6(4)10-11/h4-7H,1-3H2. The average molecular weight is 174 g/mol. The van der Waals surface area contributed by atoms with Gasteiger partial charge in [0.05, 0.1) is 11.4 Å². The molecule has 4 fully saturated rings. The molecule has 4 heteroatoms. The third kappa shape index (κ3) is 0.649. The zero-order valence-electron chi connectivity index (χ0n) is 6.06. The Bertz CT molecular complexity index is 293. The minimum Gasteiger partial charge on any atom is -0.266 e. The summed E-state index contributed by atoms with van der Waals surface area (Å²) in [5.74, 6) is 0.997. The van der Waals surface area contributed by atoms with Gasteiger partial charge < -0.3 is 0 Å². The van der Waals surface area contributed by atoms with Crippen LogP contribution in [0.3, 0.4) is 0 Å². The summed E-state index contributed by atoms with van der Waals surface area (Å²) < 4.78 is 27.5. The lowest BCUT2D eigenvalue weighted by Crippen LogP contribution is -2.42. The van der Waals surface area contributed by atoms with Crippen molar-refractivity contribution >= 4 is 10.1 Å². The molecule has 4 unspecified atom stereocenters. The summed E-state index contributed by atoms with van der Waals surface area (Å²) >= 11 is 0. The molecular formula is C7H10O3S. The molecule has 2 saturated heterocycles. The molecule has 0 N–H and O–H groups in total. The summed E-state index contributed by atoms with van der Waals surface area (Å²) in [5, 5.41) is -0.141. The highest BCUT2D eigenvalue weighted by atomic mass is 32.2. The van der Waals surface area contributed by atoms with Crippen LogP contribution >= 0.6 is 0 Å². The number of hydrogen-bond acceptors (Lipinski definition) is 3. The van der Waals surface area contributed by atoms with Crippen molar-refractivity contribution in [1.82, 2.24) is 0 Å². The maximum Gasteiger partial charge on any atom is 0.270 e. The average Bonchev–Trinajstić information content (AvgIpc) is 2.39. The van der Waals surface area contributed by atoms with Crippen molar-refractivity contribution in [3.63, 3.8) is 0 Å². The minimum atomic E-state index is -3.13. The lowest BCUT2D eigenvalue weighted by Gasteiger charge is -2.34. The molecular weight excluding hydrogens is 164 g/mol. The SMILES string of the molecule is O=S1(=O)OC2CC3CC2CC31. The second-order valence-electron chi connectivity index (χ2n) is 3.89. The van der Waals surface area contributed by atoms with Crippen molar-refractivity contribution in [3.8, 4) is 0 Å². The van der Waals surface area contributed by atoms with E-state index in [1.54, 1.807) is 0 Å². The topological polar surface area (TPSA) is 43.4 Å². The molecule has 0 spiro atoms. The summed E-state index contributed by atoms with van der Waals surface area (Å²) in [6, 6.07) is 0. The molecule has 3 nitrogen and oxygen atoms in total. The fraction of sp³-hybridized carbons (Fsp3) is 1.00. The van der Waals surface area contributed by atoms with Gasteiger partial charge in [0.2, 0.25) is 0 Å². The highest BCUT2D eigenvalue weighted by Crippen LogP contribution is 2.53. The fourth-order valence-electron chi connectivity index (χ4n) is 2.89. The van der Waals surface area contributed by atoms with E-state index in [-0.39, 0.29) is 11.4 Å². The van der Waals surface area contributed by atoms with E-state index >= 15 is 0 Å². The van der Waals surface area contributed by atoms with E-state index in [4.69, 9.17) is 4.18 Å². The number of rotatable bonds is 0. The van der Waals surface area contributed by atoms with Gasteiger partial charge in [-0.1, -0.05) is 0 Å². The van der Waals surface area contributed by atoms with Gasteiger partial charge in [-0.2, -0.15) is 8.42 Å². The van der Waals surface area contributed by atoms with Gasteiger partial charge in [-0.3, -0.25) is 4.18 Å². The molecule has 62 valence electrons. The molecule has 0 radical (unpaired) electrons. The highest BCUT2D eigenvalue weighted by Gasteiger charge is 2.58. The second kappa shape index (κ2) is 1.64. The summed E-state index contributed by atoms with van der Waals surface area (Å²) in [4.78, 5) is 0. The van der Waals surface area contributed by atoms with Gasteiger partial charge in [0.25, 0.3) is 10.1 Å². The molecule has 4 bridgehead atoms.